The van der Waals surface area contributed by atoms with Gasteiger partial charge in [0.05, 0.1) is 5.69 Å². The van der Waals surface area contributed by atoms with Gasteiger partial charge in [0.1, 0.15) is 12.4 Å². The van der Waals surface area contributed by atoms with Crippen molar-refractivity contribution in [1.29, 1.82) is 0 Å². The first-order chi connectivity index (χ1) is 13.1. The van der Waals surface area contributed by atoms with Gasteiger partial charge in [-0.2, -0.15) is 0 Å². The third kappa shape index (κ3) is 5.79. The predicted octanol–water partition coefficient (Wildman–Crippen LogP) is 4.31. The highest BCUT2D eigenvalue weighted by Gasteiger charge is 2.02. The van der Waals surface area contributed by atoms with E-state index in [-0.39, 0.29) is 5.56 Å². The van der Waals surface area contributed by atoms with Crippen molar-refractivity contribution in [3.63, 3.8) is 0 Å². The molecule has 0 aliphatic rings. The normalized spacial score (nSPS) is 10.7. The summed E-state index contributed by atoms with van der Waals surface area (Å²) in [5, 5.41) is 0.968. The summed E-state index contributed by atoms with van der Waals surface area (Å²) in [5.41, 5.74) is 4.44. The first-order valence-electron chi connectivity index (χ1n) is 9.02. The number of hydrogen-bond donors (Lipinski definition) is 0. The third-order valence-corrected chi connectivity index (χ3v) is 4.77. The molecule has 0 saturated heterocycles. The fraction of sp³-hybridized carbons (Fsp3) is 0.273. The summed E-state index contributed by atoms with van der Waals surface area (Å²) < 4.78 is 7.40. The molecule has 1 aromatic carbocycles. The highest BCUT2D eigenvalue weighted by atomic mass is 79.9. The maximum absolute atomic E-state index is 12.3. The zero-order chi connectivity index (χ0) is 19.1. The van der Waals surface area contributed by atoms with Gasteiger partial charge in [-0.3, -0.25) is 9.78 Å². The van der Waals surface area contributed by atoms with E-state index in [1.807, 2.05) is 31.3 Å². The van der Waals surface area contributed by atoms with Gasteiger partial charge in [-0.15, -0.1) is 0 Å². The van der Waals surface area contributed by atoms with Crippen molar-refractivity contribution in [3.8, 4) is 5.75 Å². The number of aromatic nitrogens is 2. The average Bonchev–Trinajstić information content (AvgIpc) is 2.68. The SMILES string of the molecule is Cc1ccc(COc2ccn(CCc3ccc(CCBr)cc3)c(=O)c2)nc1. The minimum absolute atomic E-state index is 0.0553. The van der Waals surface area contributed by atoms with Gasteiger partial charge in [0.2, 0.25) is 0 Å². The molecular formula is C22H23BrN2O2. The van der Waals surface area contributed by atoms with Crippen molar-refractivity contribution in [3.05, 3.63) is 93.7 Å². The number of ether oxygens (including phenoxy) is 1. The van der Waals surface area contributed by atoms with Crippen LogP contribution in [0, 0.1) is 6.92 Å². The van der Waals surface area contributed by atoms with Gasteiger partial charge < -0.3 is 9.30 Å². The molecule has 4 nitrogen and oxygen atoms in total. The summed E-state index contributed by atoms with van der Waals surface area (Å²) >= 11 is 3.45. The number of pyridine rings is 2. The van der Waals surface area contributed by atoms with Crippen molar-refractivity contribution >= 4 is 15.9 Å². The summed E-state index contributed by atoms with van der Waals surface area (Å²) in [4.78, 5) is 16.6. The standard InChI is InChI=1S/C22H23BrN2O2/c1-17-2-7-20(24-15-17)16-27-21-10-13-25(22(26)14-21)12-9-19-5-3-18(4-6-19)8-11-23/h2-7,10,13-15H,8-9,11-12,16H2,1H3. The monoisotopic (exact) mass is 426 g/mol. The molecule has 0 radical (unpaired) electrons. The molecule has 0 amide bonds. The number of nitrogens with zero attached hydrogens (tertiary/aromatic N) is 2. The summed E-state index contributed by atoms with van der Waals surface area (Å²) in [5.74, 6) is 0.567. The van der Waals surface area contributed by atoms with E-state index in [2.05, 4.69) is 45.2 Å². The number of benzene rings is 1. The van der Waals surface area contributed by atoms with E-state index >= 15 is 0 Å². The number of hydrogen-bond acceptors (Lipinski definition) is 3. The van der Waals surface area contributed by atoms with E-state index in [0.29, 0.717) is 18.9 Å². The lowest BCUT2D eigenvalue weighted by Gasteiger charge is -2.09. The molecule has 2 aromatic heterocycles. The van der Waals surface area contributed by atoms with Crippen LogP contribution in [0.1, 0.15) is 22.4 Å². The Kier molecular flexibility index (Phi) is 6.82. The first kappa shape index (κ1) is 19.4. The molecule has 3 aromatic rings. The Morgan fingerprint density at radius 2 is 1.78 bits per heavy atom. The van der Waals surface area contributed by atoms with Crippen molar-refractivity contribution in [2.45, 2.75) is 32.9 Å². The van der Waals surface area contributed by atoms with Crippen molar-refractivity contribution in [2.75, 3.05) is 5.33 Å². The fourth-order valence-corrected chi connectivity index (χ4v) is 3.19. The Balaban J connectivity index is 1.56. The molecular weight excluding hydrogens is 404 g/mol. The lowest BCUT2D eigenvalue weighted by molar-refractivity contribution is 0.300. The van der Waals surface area contributed by atoms with Gasteiger partial charge >= 0.3 is 0 Å². The third-order valence-electron chi connectivity index (χ3n) is 4.37. The van der Waals surface area contributed by atoms with Crippen molar-refractivity contribution < 1.29 is 4.74 Å². The highest BCUT2D eigenvalue weighted by molar-refractivity contribution is 9.09. The molecule has 5 heteroatoms. The number of rotatable bonds is 8. The molecule has 2 heterocycles. The Bertz CT molecular complexity index is 918. The molecule has 0 bridgehead atoms. The van der Waals surface area contributed by atoms with Gasteiger partial charge in [-0.1, -0.05) is 46.3 Å². The van der Waals surface area contributed by atoms with E-state index in [1.165, 1.54) is 17.2 Å². The van der Waals surface area contributed by atoms with Crippen LogP contribution in [0.15, 0.2) is 65.7 Å². The number of alkyl halides is 1. The van der Waals surface area contributed by atoms with E-state index in [9.17, 15) is 4.79 Å². The topological polar surface area (TPSA) is 44.1 Å². The second kappa shape index (κ2) is 9.51. The Hall–Kier alpha value is -2.40. The largest absolute Gasteiger partial charge is 0.487 e. The predicted molar refractivity (Wildman–Crippen MR) is 112 cm³/mol. The Morgan fingerprint density at radius 1 is 1.04 bits per heavy atom. The van der Waals surface area contributed by atoms with Gasteiger partial charge in [-0.25, -0.2) is 0 Å². The van der Waals surface area contributed by atoms with Gasteiger partial charge in [0, 0.05) is 30.3 Å². The minimum Gasteiger partial charge on any atom is -0.487 e. The fourth-order valence-electron chi connectivity index (χ4n) is 2.74. The van der Waals surface area contributed by atoms with Gasteiger partial charge in [0.15, 0.2) is 0 Å². The highest BCUT2D eigenvalue weighted by Crippen LogP contribution is 2.11. The van der Waals surface area contributed by atoms with E-state index in [0.717, 1.165) is 29.4 Å². The summed E-state index contributed by atoms with van der Waals surface area (Å²) in [7, 11) is 0. The molecule has 0 aliphatic heterocycles. The van der Waals surface area contributed by atoms with Crippen LogP contribution in [0.5, 0.6) is 5.75 Å². The number of halogens is 1. The van der Waals surface area contributed by atoms with E-state index < -0.39 is 0 Å². The zero-order valence-corrected chi connectivity index (χ0v) is 17.0. The van der Waals surface area contributed by atoms with Crippen molar-refractivity contribution in [2.24, 2.45) is 0 Å². The maximum Gasteiger partial charge on any atom is 0.254 e. The van der Waals surface area contributed by atoms with Crippen LogP contribution in [-0.4, -0.2) is 14.9 Å². The van der Waals surface area contributed by atoms with Crippen LogP contribution < -0.4 is 10.3 Å². The van der Waals surface area contributed by atoms with Crippen LogP contribution in [0.4, 0.5) is 0 Å². The van der Waals surface area contributed by atoms with Gasteiger partial charge in [0.25, 0.3) is 5.56 Å². The molecule has 0 unspecified atom stereocenters. The molecule has 3 rings (SSSR count). The first-order valence-corrected chi connectivity index (χ1v) is 10.1. The molecule has 140 valence electrons. The maximum atomic E-state index is 12.3. The van der Waals surface area contributed by atoms with E-state index in [4.69, 9.17) is 4.74 Å². The molecule has 0 aliphatic carbocycles. The number of aryl methyl sites for hydroxylation is 4. The lowest BCUT2D eigenvalue weighted by Crippen LogP contribution is -2.19. The van der Waals surface area contributed by atoms with E-state index in [1.54, 1.807) is 10.8 Å². The summed E-state index contributed by atoms with van der Waals surface area (Å²) in [6.07, 6.45) is 5.45. The molecule has 0 fully saturated rings. The van der Waals surface area contributed by atoms with Crippen LogP contribution in [-0.2, 0) is 26.0 Å². The molecule has 0 spiro atoms. The molecule has 0 saturated carbocycles. The van der Waals surface area contributed by atoms with Crippen LogP contribution in [0.25, 0.3) is 0 Å². The quantitative estimate of drug-likeness (QED) is 0.504. The summed E-state index contributed by atoms with van der Waals surface area (Å²) in [6, 6.07) is 15.9. The molecule has 27 heavy (non-hydrogen) atoms. The second-order valence-corrected chi connectivity index (χ2v) is 7.31. The second-order valence-electron chi connectivity index (χ2n) is 6.52. The van der Waals surface area contributed by atoms with Crippen molar-refractivity contribution in [1.82, 2.24) is 9.55 Å². The minimum atomic E-state index is -0.0553. The van der Waals surface area contributed by atoms with Crippen LogP contribution in [0.2, 0.25) is 0 Å². The summed E-state index contributed by atoms with van der Waals surface area (Å²) in [6.45, 7) is 3.00. The van der Waals surface area contributed by atoms with Crippen LogP contribution >= 0.6 is 15.9 Å². The Labute approximate surface area is 168 Å². The Morgan fingerprint density at radius 3 is 2.41 bits per heavy atom. The molecule has 0 atom stereocenters. The lowest BCUT2D eigenvalue weighted by atomic mass is 10.1. The zero-order valence-electron chi connectivity index (χ0n) is 15.4. The van der Waals surface area contributed by atoms with Gasteiger partial charge in [-0.05, 0) is 48.6 Å². The smallest absolute Gasteiger partial charge is 0.254 e. The average molecular weight is 427 g/mol. The van der Waals surface area contributed by atoms with Crippen LogP contribution in [0.3, 0.4) is 0 Å². The molecule has 0 N–H and O–H groups in total.